The number of hydrogen-bond donors (Lipinski definition) is 3. The zero-order chi connectivity index (χ0) is 22.8. The van der Waals surface area contributed by atoms with Crippen molar-refractivity contribution in [1.82, 2.24) is 0 Å². The monoisotopic (exact) mass is 430 g/mol. The highest BCUT2D eigenvalue weighted by molar-refractivity contribution is 6.44. The largest absolute Gasteiger partial charge is 0.323 e. The van der Waals surface area contributed by atoms with Crippen molar-refractivity contribution in [3.63, 3.8) is 0 Å². The van der Waals surface area contributed by atoms with E-state index in [9.17, 15) is 9.59 Å². The molecule has 0 heterocycles. The number of carbonyl (C=O) groups excluding carboxylic acids is 2. The summed E-state index contributed by atoms with van der Waals surface area (Å²) in [7, 11) is 0. The van der Waals surface area contributed by atoms with Crippen molar-refractivity contribution >= 4 is 17.3 Å². The fourth-order valence-corrected chi connectivity index (χ4v) is 5.49. The van der Waals surface area contributed by atoms with Crippen molar-refractivity contribution in [3.8, 4) is 0 Å². The van der Waals surface area contributed by atoms with Gasteiger partial charge in [-0.25, -0.2) is 11.1 Å². The van der Waals surface area contributed by atoms with E-state index in [2.05, 4.69) is 15.3 Å². The van der Waals surface area contributed by atoms with Gasteiger partial charge in [0.05, 0.1) is 5.41 Å². The minimum Gasteiger partial charge on any atom is -0.323 e. The molecular formula is C24H26N6O2. The normalized spacial score (nSPS) is 31.0. The molecule has 4 N–H and O–H groups in total. The van der Waals surface area contributed by atoms with Crippen LogP contribution in [0.3, 0.4) is 0 Å². The SMILES string of the molecule is N=NC1(C(=O)Cc2ccccc2)CCC2(CC1)C(=O)C(=NN)CC2(N=N)c1ccccc1. The molecule has 1 atom stereocenters. The zero-order valence-electron chi connectivity index (χ0n) is 17.8. The third-order valence-corrected chi connectivity index (χ3v) is 7.38. The quantitative estimate of drug-likeness (QED) is 0.356. The molecule has 4 rings (SSSR count). The van der Waals surface area contributed by atoms with Crippen LogP contribution in [0.4, 0.5) is 0 Å². The average molecular weight is 431 g/mol. The molecule has 1 unspecified atom stereocenters. The molecule has 8 nitrogen and oxygen atoms in total. The molecule has 0 radical (unpaired) electrons. The third kappa shape index (κ3) is 3.09. The highest BCUT2D eigenvalue weighted by Crippen LogP contribution is 2.60. The zero-order valence-corrected chi connectivity index (χ0v) is 17.8. The van der Waals surface area contributed by atoms with Gasteiger partial charge in [0.1, 0.15) is 16.8 Å². The Morgan fingerprint density at radius 1 is 0.906 bits per heavy atom. The second kappa shape index (κ2) is 8.18. The number of nitrogens with two attached hydrogens (primary N) is 1. The summed E-state index contributed by atoms with van der Waals surface area (Å²) < 4.78 is 0. The van der Waals surface area contributed by atoms with Gasteiger partial charge in [-0.2, -0.15) is 15.3 Å². The number of hydrazone groups is 1. The van der Waals surface area contributed by atoms with Crippen LogP contribution in [0.5, 0.6) is 0 Å². The first kappa shape index (κ1) is 21.7. The first-order valence-corrected chi connectivity index (χ1v) is 10.7. The van der Waals surface area contributed by atoms with E-state index in [-0.39, 0.29) is 55.8 Å². The van der Waals surface area contributed by atoms with Gasteiger partial charge in [-0.3, -0.25) is 9.59 Å². The number of benzene rings is 2. The lowest BCUT2D eigenvalue weighted by molar-refractivity contribution is -0.133. The van der Waals surface area contributed by atoms with E-state index in [0.717, 1.165) is 11.1 Å². The molecule has 1 spiro atoms. The summed E-state index contributed by atoms with van der Waals surface area (Å²) >= 11 is 0. The fraction of sp³-hybridized carbons (Fsp3) is 0.375. The molecule has 2 saturated carbocycles. The number of carbonyl (C=O) groups is 2. The number of nitrogens with one attached hydrogen (secondary N) is 2. The van der Waals surface area contributed by atoms with Crippen LogP contribution in [0, 0.1) is 16.5 Å². The van der Waals surface area contributed by atoms with Crippen LogP contribution in [0.15, 0.2) is 76.0 Å². The van der Waals surface area contributed by atoms with Gasteiger partial charge in [0.25, 0.3) is 0 Å². The Bertz CT molecular complexity index is 1070. The van der Waals surface area contributed by atoms with E-state index in [1.165, 1.54) is 0 Å². The predicted octanol–water partition coefficient (Wildman–Crippen LogP) is 4.34. The van der Waals surface area contributed by atoms with E-state index in [1.54, 1.807) is 0 Å². The van der Waals surface area contributed by atoms with Crippen molar-refractivity contribution < 1.29 is 9.59 Å². The van der Waals surface area contributed by atoms with Crippen LogP contribution >= 0.6 is 0 Å². The Labute approximate surface area is 186 Å². The minimum absolute atomic E-state index is 0.125. The van der Waals surface area contributed by atoms with Crippen LogP contribution in [0.25, 0.3) is 0 Å². The molecule has 2 aromatic carbocycles. The number of nitrogens with zero attached hydrogens (tertiary/aromatic N) is 3. The van der Waals surface area contributed by atoms with E-state index in [0.29, 0.717) is 0 Å². The molecule has 2 aliphatic carbocycles. The second-order valence-corrected chi connectivity index (χ2v) is 8.73. The van der Waals surface area contributed by atoms with Gasteiger partial charge >= 0.3 is 0 Å². The molecule has 0 amide bonds. The Morgan fingerprint density at radius 2 is 1.50 bits per heavy atom. The second-order valence-electron chi connectivity index (χ2n) is 8.73. The molecule has 164 valence electrons. The molecule has 0 aromatic heterocycles. The fourth-order valence-electron chi connectivity index (χ4n) is 5.49. The number of hydrogen-bond acceptors (Lipinski definition) is 8. The molecule has 0 aliphatic heterocycles. The predicted molar refractivity (Wildman–Crippen MR) is 118 cm³/mol. The first-order chi connectivity index (χ1) is 15.5. The number of rotatable bonds is 6. The van der Waals surface area contributed by atoms with E-state index < -0.39 is 16.5 Å². The van der Waals surface area contributed by atoms with Gasteiger partial charge in [0, 0.05) is 12.8 Å². The maximum atomic E-state index is 13.5. The third-order valence-electron chi connectivity index (χ3n) is 7.38. The lowest BCUT2D eigenvalue weighted by Crippen LogP contribution is -2.52. The molecule has 2 fully saturated rings. The molecule has 32 heavy (non-hydrogen) atoms. The minimum atomic E-state index is -1.17. The van der Waals surface area contributed by atoms with Gasteiger partial charge < -0.3 is 5.84 Å². The van der Waals surface area contributed by atoms with Crippen molar-refractivity contribution in [2.24, 2.45) is 26.6 Å². The van der Waals surface area contributed by atoms with Gasteiger partial charge in [-0.05, 0) is 36.8 Å². The Morgan fingerprint density at radius 3 is 2.03 bits per heavy atom. The van der Waals surface area contributed by atoms with Crippen molar-refractivity contribution in [3.05, 3.63) is 71.8 Å². The molecule has 2 aliphatic rings. The summed E-state index contributed by atoms with van der Waals surface area (Å²) in [5.41, 5.74) is 14.5. The van der Waals surface area contributed by atoms with Crippen LogP contribution in [-0.2, 0) is 21.5 Å². The molecule has 2 aromatic rings. The maximum Gasteiger partial charge on any atom is 0.187 e. The summed E-state index contributed by atoms with van der Waals surface area (Å²) in [5.74, 6) is 5.20. The van der Waals surface area contributed by atoms with Gasteiger partial charge in [-0.1, -0.05) is 60.7 Å². The van der Waals surface area contributed by atoms with Gasteiger partial charge in [0.15, 0.2) is 11.6 Å². The van der Waals surface area contributed by atoms with Gasteiger partial charge in [-0.15, -0.1) is 0 Å². The van der Waals surface area contributed by atoms with Crippen LogP contribution < -0.4 is 5.84 Å². The van der Waals surface area contributed by atoms with E-state index >= 15 is 0 Å². The maximum absolute atomic E-state index is 13.5. The molecule has 0 saturated heterocycles. The van der Waals surface area contributed by atoms with Crippen molar-refractivity contribution in [2.45, 2.75) is 49.6 Å². The topological polar surface area (TPSA) is 145 Å². The molecule has 8 heteroatoms. The number of ketones is 2. The first-order valence-electron chi connectivity index (χ1n) is 10.7. The lowest BCUT2D eigenvalue weighted by Gasteiger charge is -2.47. The summed E-state index contributed by atoms with van der Waals surface area (Å²) in [6.45, 7) is 0. The Balaban J connectivity index is 1.70. The smallest absolute Gasteiger partial charge is 0.187 e. The molecule has 0 bridgehead atoms. The molecular weight excluding hydrogens is 404 g/mol. The van der Waals surface area contributed by atoms with Crippen LogP contribution in [-0.4, -0.2) is 22.8 Å². The van der Waals surface area contributed by atoms with Crippen LogP contribution in [0.2, 0.25) is 0 Å². The average Bonchev–Trinajstić information content (AvgIpc) is 3.09. The van der Waals surface area contributed by atoms with E-state index in [1.807, 2.05) is 60.7 Å². The standard InChI is InChI=1S/C24H26N6O2/c25-28-19-16-24(30-27,18-9-5-2-6-10-18)22(21(19)32)11-13-23(29-26,14-12-22)20(31)15-17-7-3-1-4-8-17/h1-10,26-27H,11-16,25H2. The lowest BCUT2D eigenvalue weighted by atomic mass is 9.57. The summed E-state index contributed by atoms with van der Waals surface area (Å²) in [5, 5.41) is 11.6. The highest BCUT2D eigenvalue weighted by atomic mass is 16.1. The summed E-state index contributed by atoms with van der Waals surface area (Å²) in [4.78, 5) is 26.7. The highest BCUT2D eigenvalue weighted by Gasteiger charge is 2.67. The number of Topliss-reactive ketones (excluding diaryl/α,β-unsaturated/α-hetero) is 2. The summed E-state index contributed by atoms with van der Waals surface area (Å²) in [6, 6.07) is 18.7. The van der Waals surface area contributed by atoms with Crippen molar-refractivity contribution in [1.29, 1.82) is 11.1 Å². The van der Waals surface area contributed by atoms with E-state index in [4.69, 9.17) is 16.9 Å². The Kier molecular flexibility index (Phi) is 5.54. The van der Waals surface area contributed by atoms with Crippen LogP contribution in [0.1, 0.15) is 43.2 Å². The summed E-state index contributed by atoms with van der Waals surface area (Å²) in [6.07, 6.45) is 1.40. The Hall–Kier alpha value is -3.55. The van der Waals surface area contributed by atoms with Gasteiger partial charge in [0.2, 0.25) is 0 Å². The van der Waals surface area contributed by atoms with Crippen molar-refractivity contribution in [2.75, 3.05) is 0 Å².